The zero-order valence-electron chi connectivity index (χ0n) is 51.7. The van der Waals surface area contributed by atoms with Gasteiger partial charge in [0.25, 0.3) is 11.8 Å². The van der Waals surface area contributed by atoms with E-state index in [0.29, 0.717) is 137 Å². The number of carboxylic acid groups (broad SMARTS) is 2. The molecule has 0 spiro atoms. The Bertz CT molecular complexity index is 3990. The smallest absolute Gasteiger partial charge is 0.415 e. The number of aryl methyl sites for hydroxylation is 1. The molecule has 94 heavy (non-hydrogen) atoms. The molecule has 0 saturated heterocycles. The number of pyridine rings is 1. The van der Waals surface area contributed by atoms with Crippen molar-refractivity contribution in [2.24, 2.45) is 11.8 Å². The number of rotatable bonds is 18. The van der Waals surface area contributed by atoms with Crippen LogP contribution in [0, 0.1) is 18.8 Å². The summed E-state index contributed by atoms with van der Waals surface area (Å²) in [6, 6.07) is 9.84. The standard InChI is InChI=1S/C62H69N13O13S6/c1-31(2)47-60-73-50(42(94-60)26-86-5)53(81)64-24-45(77)70-51(52(80)33-13-9-8-10-14-33)59-68-41(29-91-59)57-67-40(28-90-57)49-37(55-65-35(27-89-55)25-87-74-39(23-44(76)63-4)58-72-48(32(3)93-58)54(82)71-47)20-21-38(66-49)56-69-43(30-92-56)75(22-12-7-6-11-15-46(78)79)62(85)88-36-18-16-34(17-19-36)61(83)84/h8-10,13-14,20-21,27-31,34,36,39,47,51-52,74,80H,6-7,11-12,15-19,22-26H2,1-5H3,(H,63,76)(H,64,81)(H,70,77)(H,71,82)(H,78,79)(H,83,84)/t34?,36?,39-,47?,51-,52-/m0/s1. The third-order valence-electron chi connectivity index (χ3n) is 15.5. The highest BCUT2D eigenvalue weighted by Crippen LogP contribution is 2.41. The number of carbonyl (C=O) groups is 7. The van der Waals surface area contributed by atoms with Crippen LogP contribution in [0.15, 0.2) is 64.0 Å². The minimum absolute atomic E-state index is 0.00527. The summed E-state index contributed by atoms with van der Waals surface area (Å²) >= 11 is 7.47. The van der Waals surface area contributed by atoms with Gasteiger partial charge >= 0.3 is 18.0 Å². The number of carbonyl (C=O) groups excluding carboxylic acids is 5. The van der Waals surface area contributed by atoms with Gasteiger partial charge in [0.05, 0.1) is 53.8 Å². The first-order chi connectivity index (χ1) is 45.3. The third kappa shape index (κ3) is 17.1. The van der Waals surface area contributed by atoms with E-state index in [1.165, 1.54) is 87.1 Å². The highest BCUT2D eigenvalue weighted by molar-refractivity contribution is 7.15. The number of thiazole rings is 6. The molecule has 2 aliphatic rings. The van der Waals surface area contributed by atoms with Gasteiger partial charge in [0.2, 0.25) is 11.8 Å². The molecule has 7 aromatic heterocycles. The van der Waals surface area contributed by atoms with E-state index in [2.05, 4.69) is 26.7 Å². The van der Waals surface area contributed by atoms with Gasteiger partial charge in [-0.2, -0.15) is 5.48 Å². The van der Waals surface area contributed by atoms with Crippen molar-refractivity contribution in [1.29, 1.82) is 0 Å². The number of hydroxylamine groups is 1. The van der Waals surface area contributed by atoms with E-state index in [0.717, 1.165) is 0 Å². The number of aliphatic hydroxyl groups is 1. The van der Waals surface area contributed by atoms with Gasteiger partial charge < -0.3 is 46.1 Å². The number of carboxylic acids is 2. The molecule has 5 amide bonds. The fraction of sp³-hybridized carbons (Fsp3) is 0.419. The molecule has 1 unspecified atom stereocenters. The van der Waals surface area contributed by atoms with Crippen molar-refractivity contribution in [3.05, 3.63) is 111 Å². The highest BCUT2D eigenvalue weighted by atomic mass is 32.1. The van der Waals surface area contributed by atoms with Crippen LogP contribution < -0.4 is 31.6 Å². The van der Waals surface area contributed by atoms with E-state index in [4.69, 9.17) is 49.2 Å². The Kier molecular flexibility index (Phi) is 23.5. The first-order valence-electron chi connectivity index (χ1n) is 30.3. The molecule has 1 aromatic carbocycles. The molecule has 32 heteroatoms. The zero-order valence-corrected chi connectivity index (χ0v) is 56.6. The molecule has 1 fully saturated rings. The minimum Gasteiger partial charge on any atom is -0.481 e. The highest BCUT2D eigenvalue weighted by Gasteiger charge is 2.34. The van der Waals surface area contributed by atoms with Gasteiger partial charge in [-0.15, -0.1) is 68.0 Å². The molecule has 8 aromatic rings. The van der Waals surface area contributed by atoms with E-state index in [1.807, 2.05) is 30.7 Å². The lowest BCUT2D eigenvalue weighted by Gasteiger charge is -2.28. The van der Waals surface area contributed by atoms with E-state index >= 15 is 0 Å². The first-order valence-corrected chi connectivity index (χ1v) is 35.4. The topological polar surface area (TPSA) is 361 Å². The fourth-order valence-electron chi connectivity index (χ4n) is 10.5. The molecule has 10 bridgehead atoms. The van der Waals surface area contributed by atoms with Crippen LogP contribution in [-0.2, 0) is 46.7 Å². The molecule has 1 aliphatic carbocycles. The predicted octanol–water partition coefficient (Wildman–Crippen LogP) is 10.2. The van der Waals surface area contributed by atoms with Crippen LogP contribution in [0.2, 0.25) is 0 Å². The number of aromatic nitrogens is 7. The van der Waals surface area contributed by atoms with Gasteiger partial charge in [0, 0.05) is 59.1 Å². The van der Waals surface area contributed by atoms with Crippen LogP contribution >= 0.6 is 68.0 Å². The Morgan fingerprint density at radius 3 is 2.21 bits per heavy atom. The molecule has 1 saturated carbocycles. The van der Waals surface area contributed by atoms with Gasteiger partial charge in [-0.3, -0.25) is 38.5 Å². The molecular weight excluding hydrogens is 1330 g/mol. The van der Waals surface area contributed by atoms with Gasteiger partial charge in [0.15, 0.2) is 0 Å². The number of aliphatic carboxylic acids is 2. The van der Waals surface area contributed by atoms with Gasteiger partial charge in [-0.05, 0) is 69.1 Å². The first kappa shape index (κ1) is 68.9. The molecule has 496 valence electrons. The summed E-state index contributed by atoms with van der Waals surface area (Å²) in [6.07, 6.45) is 1.43. The molecule has 10 rings (SSSR count). The Balaban J connectivity index is 1.00. The van der Waals surface area contributed by atoms with Gasteiger partial charge in [0.1, 0.15) is 89.2 Å². The summed E-state index contributed by atoms with van der Waals surface area (Å²) in [5.41, 5.74) is 6.48. The maximum Gasteiger partial charge on any atom is 0.415 e. The maximum absolute atomic E-state index is 14.3. The normalized spacial score (nSPS) is 18.5. The molecule has 26 nitrogen and oxygen atoms in total. The van der Waals surface area contributed by atoms with Crippen molar-refractivity contribution in [3.63, 3.8) is 0 Å². The van der Waals surface area contributed by atoms with Crippen LogP contribution in [0.25, 0.3) is 43.4 Å². The number of nitrogens with zero attached hydrogens (tertiary/aromatic N) is 8. The SMILES string of the molecule is CNC(=O)C[C@@H]1NOCc2csc(n2)-c2ccc(-c3nc(N(CCCCCCC(=O)O)C(=O)OC4CCC(C(=O)O)CC4)cs3)nc2-c2csc(n2)-c2csc(n2)[C@H]([C@@H](O)c2ccccc2)NC(=O)CNC(=O)c2nc(sc2COC)C(C(C)C)NC(=O)c2nc1sc2C. The van der Waals surface area contributed by atoms with Crippen LogP contribution in [0.5, 0.6) is 0 Å². The van der Waals surface area contributed by atoms with Crippen LogP contribution in [0.3, 0.4) is 0 Å². The number of fused-ring (bicyclic) bond motifs is 14. The second-order valence-electron chi connectivity index (χ2n) is 22.6. The summed E-state index contributed by atoms with van der Waals surface area (Å²) in [7, 11) is 2.99. The van der Waals surface area contributed by atoms with Gasteiger partial charge in [-0.25, -0.2) is 39.7 Å². The number of amides is 5. The lowest BCUT2D eigenvalue weighted by atomic mass is 9.87. The Labute approximate surface area is 564 Å². The van der Waals surface area contributed by atoms with Crippen molar-refractivity contribution >= 4 is 115 Å². The molecule has 4 atom stereocenters. The number of unbranched alkanes of at least 4 members (excludes halogenated alkanes) is 3. The van der Waals surface area contributed by atoms with Crippen molar-refractivity contribution in [3.8, 4) is 43.4 Å². The summed E-state index contributed by atoms with van der Waals surface area (Å²) < 4.78 is 11.5. The lowest BCUT2D eigenvalue weighted by molar-refractivity contribution is -0.143. The Morgan fingerprint density at radius 1 is 0.734 bits per heavy atom. The van der Waals surface area contributed by atoms with Crippen LogP contribution in [0.4, 0.5) is 10.6 Å². The molecule has 1 aliphatic heterocycles. The summed E-state index contributed by atoms with van der Waals surface area (Å²) in [4.78, 5) is 136. The lowest BCUT2D eigenvalue weighted by Crippen LogP contribution is -2.40. The number of nitrogens with one attached hydrogen (secondary N) is 5. The third-order valence-corrected chi connectivity index (χ3v) is 21.3. The summed E-state index contributed by atoms with van der Waals surface area (Å²) in [6.45, 7) is 5.20. The number of benzene rings is 1. The van der Waals surface area contributed by atoms with Crippen molar-refractivity contribution in [2.45, 2.75) is 129 Å². The number of hydrogen-bond acceptors (Lipinski definition) is 25. The average molecular weight is 1400 g/mol. The van der Waals surface area contributed by atoms with Crippen LogP contribution in [0.1, 0.15) is 159 Å². The van der Waals surface area contributed by atoms with E-state index < -0.39 is 78.5 Å². The quantitative estimate of drug-likeness (QED) is 0.0370. The Hall–Kier alpha value is -7.92. The number of aliphatic hydroxyl groups excluding tert-OH is 1. The molecular formula is C62H69N13O13S6. The zero-order chi connectivity index (χ0) is 66.6. The van der Waals surface area contributed by atoms with E-state index in [1.54, 1.807) is 54.1 Å². The van der Waals surface area contributed by atoms with E-state index in [-0.39, 0.29) is 55.8 Å². The van der Waals surface area contributed by atoms with Crippen LogP contribution in [-0.4, -0.2) is 125 Å². The maximum atomic E-state index is 14.3. The fourth-order valence-corrected chi connectivity index (χ4v) is 16.0. The number of ether oxygens (including phenoxy) is 2. The molecule has 8 heterocycles. The summed E-state index contributed by atoms with van der Waals surface area (Å²) in [5, 5.41) is 51.9. The Morgan fingerprint density at radius 2 is 1.47 bits per heavy atom. The van der Waals surface area contributed by atoms with Crippen molar-refractivity contribution < 1.29 is 63.2 Å². The minimum atomic E-state index is -1.29. The average Bonchev–Trinajstić information content (AvgIpc) is 1.62. The van der Waals surface area contributed by atoms with Crippen molar-refractivity contribution in [2.75, 3.05) is 32.1 Å². The largest absolute Gasteiger partial charge is 0.481 e. The van der Waals surface area contributed by atoms with Gasteiger partial charge in [-0.1, -0.05) is 57.0 Å². The summed E-state index contributed by atoms with van der Waals surface area (Å²) in [5.74, 6) is -4.30. The number of methoxy groups -OCH3 is 1. The number of anilines is 1. The predicted molar refractivity (Wildman–Crippen MR) is 355 cm³/mol. The number of hydrogen-bond donors (Lipinski definition) is 8. The monoisotopic (exact) mass is 1400 g/mol. The van der Waals surface area contributed by atoms with Crippen molar-refractivity contribution in [1.82, 2.24) is 61.6 Å². The second kappa shape index (κ2) is 32.0. The molecule has 8 N–H and O–H groups in total. The molecule has 0 radical (unpaired) electrons. The van der Waals surface area contributed by atoms with E-state index in [9.17, 15) is 48.9 Å². The second-order valence-corrected chi connectivity index (χ2v) is 28.4.